The van der Waals surface area contributed by atoms with Gasteiger partial charge in [0.05, 0.1) is 26.8 Å². The molecule has 12 heteroatoms. The topological polar surface area (TPSA) is 148 Å². The summed E-state index contributed by atoms with van der Waals surface area (Å²) in [6.45, 7) is 1.80. The second kappa shape index (κ2) is 9.21. The fourth-order valence-electron chi connectivity index (χ4n) is 2.15. The number of nitrogens with one attached hydrogen (secondary N) is 1. The molecule has 1 N–H and O–H groups in total. The molecule has 2 aromatic rings. The van der Waals surface area contributed by atoms with Gasteiger partial charge in [-0.2, -0.15) is 0 Å². The van der Waals surface area contributed by atoms with Crippen LogP contribution >= 0.6 is 0 Å². The van der Waals surface area contributed by atoms with Crippen molar-refractivity contribution in [2.45, 2.75) is 17.9 Å². The van der Waals surface area contributed by atoms with E-state index in [1.165, 1.54) is 48.8 Å². The number of nitro groups is 2. The van der Waals surface area contributed by atoms with E-state index >= 15 is 0 Å². The van der Waals surface area contributed by atoms with Gasteiger partial charge in [0.15, 0.2) is 0 Å². The second-order valence-electron chi connectivity index (χ2n) is 6.14. The van der Waals surface area contributed by atoms with Crippen molar-refractivity contribution < 1.29 is 18.3 Å². The largest absolute Gasteiger partial charge is 0.362 e. The van der Waals surface area contributed by atoms with Crippen molar-refractivity contribution in [3.63, 3.8) is 0 Å². The van der Waals surface area contributed by atoms with Crippen molar-refractivity contribution in [2.75, 3.05) is 13.6 Å². The predicted molar refractivity (Wildman–Crippen MR) is 107 cm³/mol. The Morgan fingerprint density at radius 3 is 2.31 bits per heavy atom. The molecule has 11 nitrogen and oxygen atoms in total. The Bertz CT molecular complexity index is 1020. The number of hydrogen-bond acceptors (Lipinski definition) is 7. The van der Waals surface area contributed by atoms with Crippen LogP contribution in [0.25, 0.3) is 0 Å². The van der Waals surface area contributed by atoms with E-state index in [0.29, 0.717) is 5.69 Å². The summed E-state index contributed by atoms with van der Waals surface area (Å²) in [6, 6.07) is 10.2. The molecule has 29 heavy (non-hydrogen) atoms. The van der Waals surface area contributed by atoms with Gasteiger partial charge in [0.25, 0.3) is 11.4 Å². The first kappa shape index (κ1) is 21.9. The van der Waals surface area contributed by atoms with Crippen LogP contribution in [0.4, 0.5) is 17.1 Å². The lowest BCUT2D eigenvalue weighted by atomic mass is 10.3. The van der Waals surface area contributed by atoms with E-state index in [1.807, 2.05) is 0 Å². The first-order valence-electron chi connectivity index (χ1n) is 8.35. The molecule has 1 unspecified atom stereocenters. The van der Waals surface area contributed by atoms with E-state index in [-0.39, 0.29) is 28.9 Å². The standard InChI is InChI=1S/C17H19N5O6S/c1-13(20(2)12-18-14-6-8-15(9-7-14)21(23)24)11-19-29(27,28)17-5-3-4-16(10-17)22(25)26/h3-10,12-13,19H,11H2,1-2H3. The highest BCUT2D eigenvalue weighted by atomic mass is 32.2. The van der Waals surface area contributed by atoms with Gasteiger partial charge in [0.2, 0.25) is 10.0 Å². The van der Waals surface area contributed by atoms with Gasteiger partial charge in [-0.1, -0.05) is 6.07 Å². The Kier molecular flexibility index (Phi) is 6.96. The van der Waals surface area contributed by atoms with Gasteiger partial charge in [-0.05, 0) is 25.1 Å². The summed E-state index contributed by atoms with van der Waals surface area (Å²) in [4.78, 5) is 25.9. The van der Waals surface area contributed by atoms with Crippen LogP contribution in [0.5, 0.6) is 0 Å². The van der Waals surface area contributed by atoms with Crippen LogP contribution in [0.2, 0.25) is 0 Å². The summed E-state index contributed by atoms with van der Waals surface area (Å²) >= 11 is 0. The molecule has 0 aliphatic rings. The number of nitrogens with zero attached hydrogens (tertiary/aromatic N) is 4. The van der Waals surface area contributed by atoms with Crippen molar-refractivity contribution >= 4 is 33.4 Å². The Morgan fingerprint density at radius 2 is 1.72 bits per heavy atom. The van der Waals surface area contributed by atoms with Crippen LogP contribution in [0.3, 0.4) is 0 Å². The van der Waals surface area contributed by atoms with Crippen LogP contribution in [0.1, 0.15) is 6.92 Å². The average molecular weight is 421 g/mol. The zero-order valence-corrected chi connectivity index (χ0v) is 16.4. The maximum atomic E-state index is 12.4. The summed E-state index contributed by atoms with van der Waals surface area (Å²) in [6.07, 6.45) is 1.48. The molecule has 0 radical (unpaired) electrons. The fourth-order valence-corrected chi connectivity index (χ4v) is 3.31. The summed E-state index contributed by atoms with van der Waals surface area (Å²) in [5, 5.41) is 21.5. The molecule has 0 saturated carbocycles. The Hall–Kier alpha value is -3.38. The predicted octanol–water partition coefficient (Wildman–Crippen LogP) is 2.46. The van der Waals surface area contributed by atoms with Gasteiger partial charge in [0, 0.05) is 43.9 Å². The summed E-state index contributed by atoms with van der Waals surface area (Å²) in [5.74, 6) is 0. The highest BCUT2D eigenvalue weighted by Gasteiger charge is 2.19. The second-order valence-corrected chi connectivity index (χ2v) is 7.91. The summed E-state index contributed by atoms with van der Waals surface area (Å²) in [5.41, 5.74) is 0.154. The highest BCUT2D eigenvalue weighted by Crippen LogP contribution is 2.18. The third-order valence-electron chi connectivity index (χ3n) is 4.05. The quantitative estimate of drug-likeness (QED) is 0.283. The minimum absolute atomic E-state index is 0.0355. The van der Waals surface area contributed by atoms with Crippen LogP contribution in [0, 0.1) is 20.2 Å². The van der Waals surface area contributed by atoms with Crippen molar-refractivity contribution in [1.29, 1.82) is 0 Å². The molecule has 0 amide bonds. The van der Waals surface area contributed by atoms with Crippen LogP contribution in [0.15, 0.2) is 58.4 Å². The number of non-ortho nitro benzene ring substituents is 2. The van der Waals surface area contributed by atoms with Crippen LogP contribution in [-0.4, -0.2) is 49.1 Å². The molecule has 0 spiro atoms. The molecule has 0 aromatic heterocycles. The number of rotatable bonds is 9. The van der Waals surface area contributed by atoms with Crippen LogP contribution < -0.4 is 4.72 Å². The number of aliphatic imine (C=N–C) groups is 1. The number of nitro benzene ring substituents is 2. The summed E-state index contributed by atoms with van der Waals surface area (Å²) in [7, 11) is -2.22. The first-order chi connectivity index (χ1) is 13.6. The third-order valence-corrected chi connectivity index (χ3v) is 5.47. The van der Waals surface area contributed by atoms with E-state index < -0.39 is 19.9 Å². The molecular formula is C17H19N5O6S. The van der Waals surface area contributed by atoms with Crippen molar-refractivity contribution in [2.24, 2.45) is 4.99 Å². The number of sulfonamides is 1. The van der Waals surface area contributed by atoms with E-state index in [0.717, 1.165) is 6.07 Å². The molecule has 1 atom stereocenters. The van der Waals surface area contributed by atoms with Crippen molar-refractivity contribution in [3.8, 4) is 0 Å². The van der Waals surface area contributed by atoms with E-state index in [4.69, 9.17) is 0 Å². The first-order valence-corrected chi connectivity index (χ1v) is 9.83. The monoisotopic (exact) mass is 421 g/mol. The molecular weight excluding hydrogens is 402 g/mol. The van der Waals surface area contributed by atoms with Gasteiger partial charge >= 0.3 is 0 Å². The summed E-state index contributed by atoms with van der Waals surface area (Å²) < 4.78 is 27.1. The molecule has 0 saturated heterocycles. The third kappa shape index (κ3) is 6.05. The Morgan fingerprint density at radius 1 is 1.10 bits per heavy atom. The molecule has 0 heterocycles. The van der Waals surface area contributed by atoms with Gasteiger partial charge in [-0.3, -0.25) is 20.2 Å². The van der Waals surface area contributed by atoms with Crippen molar-refractivity contribution in [3.05, 3.63) is 68.8 Å². The lowest BCUT2D eigenvalue weighted by molar-refractivity contribution is -0.385. The zero-order chi connectivity index (χ0) is 21.6. The number of benzene rings is 2. The highest BCUT2D eigenvalue weighted by molar-refractivity contribution is 7.89. The van der Waals surface area contributed by atoms with Gasteiger partial charge in [-0.25, -0.2) is 18.1 Å². The van der Waals surface area contributed by atoms with Gasteiger partial charge in [0.1, 0.15) is 0 Å². The molecule has 0 aliphatic heterocycles. The van der Waals surface area contributed by atoms with Gasteiger partial charge < -0.3 is 4.90 Å². The zero-order valence-electron chi connectivity index (χ0n) is 15.6. The maximum Gasteiger partial charge on any atom is 0.270 e. The molecule has 2 rings (SSSR count). The minimum atomic E-state index is -3.91. The average Bonchev–Trinajstić information content (AvgIpc) is 2.70. The van der Waals surface area contributed by atoms with Gasteiger partial charge in [-0.15, -0.1) is 0 Å². The van der Waals surface area contributed by atoms with Crippen molar-refractivity contribution in [1.82, 2.24) is 9.62 Å². The molecule has 154 valence electrons. The van der Waals surface area contributed by atoms with Crippen LogP contribution in [-0.2, 0) is 10.0 Å². The smallest absolute Gasteiger partial charge is 0.270 e. The van der Waals surface area contributed by atoms with E-state index in [2.05, 4.69) is 9.71 Å². The molecule has 0 fully saturated rings. The van der Waals surface area contributed by atoms with E-state index in [1.54, 1.807) is 18.9 Å². The number of likely N-dealkylation sites (N-methyl/N-ethyl adjacent to an activating group) is 1. The number of hydrogen-bond donors (Lipinski definition) is 1. The van der Waals surface area contributed by atoms with E-state index in [9.17, 15) is 28.6 Å². The lowest BCUT2D eigenvalue weighted by Gasteiger charge is -2.22. The normalized spacial score (nSPS) is 12.6. The molecule has 0 aliphatic carbocycles. The lowest BCUT2D eigenvalue weighted by Crippen LogP contribution is -2.39. The minimum Gasteiger partial charge on any atom is -0.362 e. The maximum absolute atomic E-state index is 12.4. The Balaban J connectivity index is 1.98. The Labute approximate surface area is 167 Å². The SMILES string of the molecule is CC(CNS(=O)(=O)c1cccc([N+](=O)[O-])c1)N(C)C=Nc1ccc([N+](=O)[O-])cc1. The molecule has 2 aromatic carbocycles. The molecule has 0 bridgehead atoms. The fraction of sp³-hybridized carbons (Fsp3) is 0.235.